The molecule has 0 saturated carbocycles. The molecule has 0 fully saturated rings. The van der Waals surface area contributed by atoms with Crippen LogP contribution in [0.15, 0.2) is 18.2 Å². The van der Waals surface area contributed by atoms with Crippen LogP contribution in [0, 0.1) is 5.41 Å². The molecule has 1 N–H and O–H groups in total. The van der Waals surface area contributed by atoms with E-state index in [1.165, 1.54) is 0 Å². The number of methoxy groups -OCH3 is 2. The lowest BCUT2D eigenvalue weighted by Crippen LogP contribution is -2.27. The number of nitrogens with one attached hydrogen (secondary N) is 1. The van der Waals surface area contributed by atoms with Crippen molar-refractivity contribution in [3.8, 4) is 11.5 Å². The molecule has 1 amide bonds. The molecule has 1 aromatic carbocycles. The minimum Gasteiger partial charge on any atom is -0.493 e. The molecule has 0 aliphatic rings. The van der Waals surface area contributed by atoms with Gasteiger partial charge in [0.25, 0.3) is 0 Å². The molecule has 1 rings (SSSR count). The summed E-state index contributed by atoms with van der Waals surface area (Å²) in [5.74, 6) is 1.06. The van der Waals surface area contributed by atoms with E-state index < -0.39 is 5.41 Å². The van der Waals surface area contributed by atoms with Gasteiger partial charge in [-0.15, -0.1) is 0 Å². The average Bonchev–Trinajstić information content (AvgIpc) is 2.35. The van der Waals surface area contributed by atoms with Crippen molar-refractivity contribution in [2.45, 2.75) is 20.8 Å². The molecule has 0 unspecified atom stereocenters. The van der Waals surface area contributed by atoms with E-state index in [2.05, 4.69) is 5.32 Å². The molecule has 19 heavy (non-hydrogen) atoms. The highest BCUT2D eigenvalue weighted by Crippen LogP contribution is 2.30. The van der Waals surface area contributed by atoms with Gasteiger partial charge < -0.3 is 19.5 Å². The zero-order valence-electron chi connectivity index (χ0n) is 12.1. The van der Waals surface area contributed by atoms with Gasteiger partial charge in [0.15, 0.2) is 18.3 Å². The molecule has 5 nitrogen and oxygen atoms in total. The minimum atomic E-state index is -0.446. The SMILES string of the molecule is COCOc1ccc(NC(=O)C(C)(C)C)cc1OC. The van der Waals surface area contributed by atoms with Crippen LogP contribution >= 0.6 is 0 Å². The van der Waals surface area contributed by atoms with Crippen LogP contribution in [0.2, 0.25) is 0 Å². The van der Waals surface area contributed by atoms with Gasteiger partial charge in [-0.2, -0.15) is 0 Å². The van der Waals surface area contributed by atoms with Gasteiger partial charge in [-0.3, -0.25) is 4.79 Å². The molecule has 0 spiro atoms. The van der Waals surface area contributed by atoms with E-state index >= 15 is 0 Å². The lowest BCUT2D eigenvalue weighted by atomic mass is 9.95. The first-order valence-corrected chi connectivity index (χ1v) is 5.99. The predicted molar refractivity (Wildman–Crippen MR) is 73.6 cm³/mol. The fraction of sp³-hybridized carbons (Fsp3) is 0.500. The molecular formula is C14H21NO4. The Kier molecular flexibility index (Phi) is 5.18. The summed E-state index contributed by atoms with van der Waals surface area (Å²) in [5.41, 5.74) is 0.222. The van der Waals surface area contributed by atoms with Gasteiger partial charge >= 0.3 is 0 Å². The van der Waals surface area contributed by atoms with Crippen LogP contribution in [0.25, 0.3) is 0 Å². The minimum absolute atomic E-state index is 0.0555. The van der Waals surface area contributed by atoms with Crippen LogP contribution in [0.5, 0.6) is 11.5 Å². The number of amides is 1. The summed E-state index contributed by atoms with van der Waals surface area (Å²) in [6.45, 7) is 5.71. The van der Waals surface area contributed by atoms with Gasteiger partial charge in [0, 0.05) is 24.3 Å². The summed E-state index contributed by atoms with van der Waals surface area (Å²) < 4.78 is 15.4. The summed E-state index contributed by atoms with van der Waals surface area (Å²) in [6, 6.07) is 5.21. The van der Waals surface area contributed by atoms with Crippen molar-refractivity contribution in [3.05, 3.63) is 18.2 Å². The molecule has 0 bridgehead atoms. The Labute approximate surface area is 113 Å². The van der Waals surface area contributed by atoms with Crippen molar-refractivity contribution in [2.24, 2.45) is 5.41 Å². The third-order valence-electron chi connectivity index (χ3n) is 2.43. The monoisotopic (exact) mass is 267 g/mol. The van der Waals surface area contributed by atoms with E-state index in [0.29, 0.717) is 17.2 Å². The number of carbonyl (C=O) groups excluding carboxylic acids is 1. The van der Waals surface area contributed by atoms with Gasteiger partial charge in [0.05, 0.1) is 7.11 Å². The molecule has 5 heteroatoms. The first kappa shape index (κ1) is 15.3. The van der Waals surface area contributed by atoms with Gasteiger partial charge in [-0.25, -0.2) is 0 Å². The third-order valence-corrected chi connectivity index (χ3v) is 2.43. The first-order valence-electron chi connectivity index (χ1n) is 5.99. The standard InChI is InChI=1S/C14H21NO4/c1-14(2,3)13(16)15-10-6-7-11(19-9-17-4)12(8-10)18-5/h6-8H,9H2,1-5H3,(H,15,16). The van der Waals surface area contributed by atoms with Crippen LogP contribution in [0.1, 0.15) is 20.8 Å². The van der Waals surface area contributed by atoms with Gasteiger partial charge in [0.1, 0.15) is 0 Å². The highest BCUT2D eigenvalue weighted by atomic mass is 16.7. The second-order valence-corrected chi connectivity index (χ2v) is 5.12. The number of hydrogen-bond acceptors (Lipinski definition) is 4. The largest absolute Gasteiger partial charge is 0.493 e. The topological polar surface area (TPSA) is 56.8 Å². The number of benzene rings is 1. The Morgan fingerprint density at radius 2 is 1.89 bits per heavy atom. The van der Waals surface area contributed by atoms with Crippen LogP contribution in [0.3, 0.4) is 0 Å². The molecule has 0 aliphatic heterocycles. The maximum absolute atomic E-state index is 11.9. The Morgan fingerprint density at radius 3 is 2.42 bits per heavy atom. The number of carbonyl (C=O) groups is 1. The summed E-state index contributed by atoms with van der Waals surface area (Å²) in [6.07, 6.45) is 0. The van der Waals surface area contributed by atoms with Gasteiger partial charge in [0.2, 0.25) is 5.91 Å². The van der Waals surface area contributed by atoms with Crippen LogP contribution in [0.4, 0.5) is 5.69 Å². The van der Waals surface area contributed by atoms with Crippen molar-refractivity contribution >= 4 is 11.6 Å². The maximum atomic E-state index is 11.9. The Balaban J connectivity index is 2.85. The smallest absolute Gasteiger partial charge is 0.229 e. The average molecular weight is 267 g/mol. The number of anilines is 1. The van der Waals surface area contributed by atoms with Crippen molar-refractivity contribution in [2.75, 3.05) is 26.3 Å². The Hall–Kier alpha value is -1.75. The lowest BCUT2D eigenvalue weighted by molar-refractivity contribution is -0.123. The van der Waals surface area contributed by atoms with Gasteiger partial charge in [-0.1, -0.05) is 20.8 Å². The molecule has 0 radical (unpaired) electrons. The lowest BCUT2D eigenvalue weighted by Gasteiger charge is -2.18. The van der Waals surface area contributed by atoms with E-state index in [0.717, 1.165) is 0 Å². The molecular weight excluding hydrogens is 246 g/mol. The van der Waals surface area contributed by atoms with Crippen LogP contribution in [-0.4, -0.2) is 26.9 Å². The van der Waals surface area contributed by atoms with Crippen LogP contribution in [-0.2, 0) is 9.53 Å². The molecule has 1 aromatic rings. The Morgan fingerprint density at radius 1 is 1.21 bits per heavy atom. The van der Waals surface area contributed by atoms with Crippen molar-refractivity contribution in [1.29, 1.82) is 0 Å². The molecule has 106 valence electrons. The summed E-state index contributed by atoms with van der Waals surface area (Å²) >= 11 is 0. The second kappa shape index (κ2) is 6.43. The summed E-state index contributed by atoms with van der Waals surface area (Å²) in [4.78, 5) is 11.9. The highest BCUT2D eigenvalue weighted by Gasteiger charge is 2.21. The molecule has 0 atom stereocenters. The quantitative estimate of drug-likeness (QED) is 0.833. The van der Waals surface area contributed by atoms with E-state index in [1.54, 1.807) is 32.4 Å². The van der Waals surface area contributed by atoms with Crippen LogP contribution < -0.4 is 14.8 Å². The fourth-order valence-corrected chi connectivity index (χ4v) is 1.31. The van der Waals surface area contributed by atoms with Crippen molar-refractivity contribution < 1.29 is 19.0 Å². The third kappa shape index (κ3) is 4.44. The molecule has 0 aliphatic carbocycles. The normalized spacial score (nSPS) is 11.0. The summed E-state index contributed by atoms with van der Waals surface area (Å²) in [5, 5.41) is 2.83. The molecule has 0 saturated heterocycles. The van der Waals surface area contributed by atoms with E-state index in [4.69, 9.17) is 14.2 Å². The Bertz CT molecular complexity index is 438. The van der Waals surface area contributed by atoms with Gasteiger partial charge in [-0.05, 0) is 12.1 Å². The van der Waals surface area contributed by atoms with Crippen molar-refractivity contribution in [1.82, 2.24) is 0 Å². The number of hydrogen-bond donors (Lipinski definition) is 1. The zero-order chi connectivity index (χ0) is 14.5. The predicted octanol–water partition coefficient (Wildman–Crippen LogP) is 2.66. The zero-order valence-corrected chi connectivity index (χ0v) is 12.1. The fourth-order valence-electron chi connectivity index (χ4n) is 1.31. The maximum Gasteiger partial charge on any atom is 0.229 e. The second-order valence-electron chi connectivity index (χ2n) is 5.12. The van der Waals surface area contributed by atoms with Crippen molar-refractivity contribution in [3.63, 3.8) is 0 Å². The highest BCUT2D eigenvalue weighted by molar-refractivity contribution is 5.94. The first-order chi connectivity index (χ1) is 8.88. The molecule has 0 aromatic heterocycles. The molecule has 0 heterocycles. The van der Waals surface area contributed by atoms with E-state index in [-0.39, 0.29) is 12.7 Å². The number of ether oxygens (including phenoxy) is 3. The van der Waals surface area contributed by atoms with E-state index in [1.807, 2.05) is 20.8 Å². The number of rotatable bonds is 5. The van der Waals surface area contributed by atoms with E-state index in [9.17, 15) is 4.79 Å². The summed E-state index contributed by atoms with van der Waals surface area (Å²) in [7, 11) is 3.09.